The molecule has 1 N–H and O–H groups in total. The Kier molecular flexibility index (Phi) is 6.70. The van der Waals surface area contributed by atoms with Crippen LogP contribution in [0.3, 0.4) is 0 Å². The van der Waals surface area contributed by atoms with Crippen LogP contribution in [-0.2, 0) is 11.3 Å². The van der Waals surface area contributed by atoms with Gasteiger partial charge < -0.3 is 19.5 Å². The van der Waals surface area contributed by atoms with Gasteiger partial charge in [0, 0.05) is 30.5 Å². The first-order chi connectivity index (χ1) is 15.5. The highest BCUT2D eigenvalue weighted by atomic mass is 35.5. The number of carbonyl (C=O) groups excluding carboxylic acids is 2. The Bertz CT molecular complexity index is 1060. The largest absolute Gasteiger partial charge is 0.459 e. The highest BCUT2D eigenvalue weighted by molar-refractivity contribution is 6.30. The SMILES string of the molecule is CCC(NC(=O)N1CCCC1C(=O)N(C)Cc1ccc(Cl)cc1)c1cc2ccccc2o1. The fourth-order valence-corrected chi connectivity index (χ4v) is 4.37. The van der Waals surface area contributed by atoms with Crippen molar-refractivity contribution in [2.45, 2.75) is 44.8 Å². The van der Waals surface area contributed by atoms with Crippen LogP contribution in [0, 0.1) is 0 Å². The first kappa shape index (κ1) is 22.2. The third-order valence-electron chi connectivity index (χ3n) is 6.00. The number of para-hydroxylation sites is 1. The normalized spacial score (nSPS) is 16.8. The predicted octanol–water partition coefficient (Wildman–Crippen LogP) is 5.37. The number of benzene rings is 2. The van der Waals surface area contributed by atoms with E-state index in [1.165, 1.54) is 0 Å². The number of urea groups is 1. The van der Waals surface area contributed by atoms with Gasteiger partial charge in [-0.05, 0) is 49.1 Å². The van der Waals surface area contributed by atoms with Crippen LogP contribution in [0.25, 0.3) is 11.0 Å². The van der Waals surface area contributed by atoms with E-state index in [4.69, 9.17) is 16.0 Å². The molecule has 4 rings (SSSR count). The summed E-state index contributed by atoms with van der Waals surface area (Å²) >= 11 is 5.95. The molecule has 0 saturated carbocycles. The lowest BCUT2D eigenvalue weighted by Crippen LogP contribution is -2.50. The van der Waals surface area contributed by atoms with E-state index < -0.39 is 6.04 Å². The van der Waals surface area contributed by atoms with Gasteiger partial charge in [0.25, 0.3) is 0 Å². The Hall–Kier alpha value is -2.99. The van der Waals surface area contributed by atoms with Crippen LogP contribution in [0.2, 0.25) is 5.02 Å². The summed E-state index contributed by atoms with van der Waals surface area (Å²) in [5.74, 6) is 0.674. The second kappa shape index (κ2) is 9.65. The molecule has 0 radical (unpaired) electrons. The molecule has 2 heterocycles. The number of likely N-dealkylation sites (tertiary alicyclic amines) is 1. The molecule has 1 saturated heterocycles. The van der Waals surface area contributed by atoms with Crippen LogP contribution < -0.4 is 5.32 Å². The number of nitrogens with zero attached hydrogens (tertiary/aromatic N) is 2. The molecule has 3 aromatic rings. The number of halogens is 1. The summed E-state index contributed by atoms with van der Waals surface area (Å²) < 4.78 is 5.95. The van der Waals surface area contributed by atoms with Crippen molar-refractivity contribution in [3.8, 4) is 0 Å². The third kappa shape index (κ3) is 4.75. The summed E-state index contributed by atoms with van der Waals surface area (Å²) in [6.45, 7) is 3.04. The summed E-state index contributed by atoms with van der Waals surface area (Å²) in [6, 6.07) is 16.3. The minimum atomic E-state index is -0.458. The minimum absolute atomic E-state index is 0.0515. The molecule has 7 heteroatoms. The van der Waals surface area contributed by atoms with E-state index in [2.05, 4.69) is 5.32 Å². The second-order valence-corrected chi connectivity index (χ2v) is 8.71. The van der Waals surface area contributed by atoms with E-state index in [0.29, 0.717) is 31.0 Å². The molecule has 1 aromatic heterocycles. The van der Waals surface area contributed by atoms with Gasteiger partial charge in [-0.1, -0.05) is 48.9 Å². The highest BCUT2D eigenvalue weighted by Gasteiger charge is 2.36. The van der Waals surface area contributed by atoms with Gasteiger partial charge in [-0.25, -0.2) is 4.79 Å². The van der Waals surface area contributed by atoms with E-state index in [-0.39, 0.29) is 18.0 Å². The number of hydrogen-bond acceptors (Lipinski definition) is 3. The number of fused-ring (bicyclic) bond motifs is 1. The number of likely N-dealkylation sites (N-methyl/N-ethyl adjacent to an activating group) is 1. The molecule has 2 aromatic carbocycles. The molecule has 0 spiro atoms. The lowest BCUT2D eigenvalue weighted by molar-refractivity contribution is -0.134. The Morgan fingerprint density at radius 2 is 1.97 bits per heavy atom. The molecule has 1 aliphatic heterocycles. The topological polar surface area (TPSA) is 65.8 Å². The molecule has 1 fully saturated rings. The zero-order valence-electron chi connectivity index (χ0n) is 18.4. The predicted molar refractivity (Wildman–Crippen MR) is 125 cm³/mol. The van der Waals surface area contributed by atoms with Gasteiger partial charge in [0.1, 0.15) is 17.4 Å². The van der Waals surface area contributed by atoms with E-state index >= 15 is 0 Å². The number of carbonyl (C=O) groups is 2. The molecular formula is C25H28ClN3O3. The lowest BCUT2D eigenvalue weighted by atomic mass is 10.1. The fraction of sp³-hybridized carbons (Fsp3) is 0.360. The van der Waals surface area contributed by atoms with Crippen LogP contribution in [0.1, 0.15) is 43.6 Å². The average molecular weight is 454 g/mol. The maximum absolute atomic E-state index is 13.1. The number of amides is 3. The van der Waals surface area contributed by atoms with Gasteiger partial charge in [0.05, 0.1) is 6.04 Å². The molecule has 2 atom stereocenters. The van der Waals surface area contributed by atoms with Crippen LogP contribution in [0.4, 0.5) is 4.79 Å². The van der Waals surface area contributed by atoms with E-state index in [1.807, 2.05) is 61.5 Å². The number of rotatable bonds is 6. The molecule has 3 amide bonds. The van der Waals surface area contributed by atoms with Gasteiger partial charge in [-0.15, -0.1) is 0 Å². The van der Waals surface area contributed by atoms with Crippen LogP contribution in [0.15, 0.2) is 59.0 Å². The van der Waals surface area contributed by atoms with Crippen molar-refractivity contribution < 1.29 is 14.0 Å². The standard InChI is InChI=1S/C25H28ClN3O3/c1-3-20(23-15-18-7-4-5-9-22(18)32-23)27-25(31)29-14-6-8-21(29)24(30)28(2)16-17-10-12-19(26)13-11-17/h4-5,7,9-13,15,20-21H,3,6,8,14,16H2,1-2H3,(H,27,31). The third-order valence-corrected chi connectivity index (χ3v) is 6.25. The summed E-state index contributed by atoms with van der Waals surface area (Å²) in [6.07, 6.45) is 2.16. The van der Waals surface area contributed by atoms with Crippen molar-refractivity contribution in [3.05, 3.63) is 70.9 Å². The molecule has 1 aliphatic rings. The van der Waals surface area contributed by atoms with Crippen molar-refractivity contribution in [3.63, 3.8) is 0 Å². The number of furan rings is 1. The Labute approximate surface area is 193 Å². The minimum Gasteiger partial charge on any atom is -0.459 e. The maximum Gasteiger partial charge on any atom is 0.318 e. The van der Waals surface area contributed by atoms with Crippen molar-refractivity contribution in [2.24, 2.45) is 0 Å². The lowest BCUT2D eigenvalue weighted by Gasteiger charge is -2.29. The van der Waals surface area contributed by atoms with Crippen LogP contribution in [0.5, 0.6) is 0 Å². The van der Waals surface area contributed by atoms with E-state index in [1.54, 1.807) is 16.8 Å². The van der Waals surface area contributed by atoms with Gasteiger partial charge in [-0.3, -0.25) is 4.79 Å². The Balaban J connectivity index is 1.42. The van der Waals surface area contributed by atoms with Gasteiger partial charge in [0.15, 0.2) is 0 Å². The van der Waals surface area contributed by atoms with Gasteiger partial charge in [0.2, 0.25) is 5.91 Å². The second-order valence-electron chi connectivity index (χ2n) is 8.27. The molecule has 2 unspecified atom stereocenters. The van der Waals surface area contributed by atoms with Crippen molar-refractivity contribution in [2.75, 3.05) is 13.6 Å². The van der Waals surface area contributed by atoms with Crippen molar-refractivity contribution >= 4 is 34.5 Å². The van der Waals surface area contributed by atoms with Gasteiger partial charge in [-0.2, -0.15) is 0 Å². The smallest absolute Gasteiger partial charge is 0.318 e. The Morgan fingerprint density at radius 3 is 2.69 bits per heavy atom. The molecule has 0 bridgehead atoms. The molecular weight excluding hydrogens is 426 g/mol. The van der Waals surface area contributed by atoms with Crippen LogP contribution in [-0.4, -0.2) is 41.4 Å². The average Bonchev–Trinajstić information content (AvgIpc) is 3.45. The molecule has 32 heavy (non-hydrogen) atoms. The highest BCUT2D eigenvalue weighted by Crippen LogP contribution is 2.27. The Morgan fingerprint density at radius 1 is 1.22 bits per heavy atom. The molecule has 168 valence electrons. The fourth-order valence-electron chi connectivity index (χ4n) is 4.24. The quantitative estimate of drug-likeness (QED) is 0.545. The number of nitrogens with one attached hydrogen (secondary N) is 1. The van der Waals surface area contributed by atoms with Crippen LogP contribution >= 0.6 is 11.6 Å². The molecule has 0 aliphatic carbocycles. The van der Waals surface area contributed by atoms with Crippen molar-refractivity contribution in [1.29, 1.82) is 0 Å². The summed E-state index contributed by atoms with van der Waals surface area (Å²) in [4.78, 5) is 29.6. The molecule has 6 nitrogen and oxygen atoms in total. The van der Waals surface area contributed by atoms with Crippen molar-refractivity contribution in [1.82, 2.24) is 15.1 Å². The first-order valence-electron chi connectivity index (χ1n) is 11.0. The summed E-state index contributed by atoms with van der Waals surface area (Å²) in [5.41, 5.74) is 1.79. The maximum atomic E-state index is 13.1. The van der Waals surface area contributed by atoms with E-state index in [0.717, 1.165) is 28.7 Å². The number of hydrogen-bond donors (Lipinski definition) is 1. The zero-order valence-corrected chi connectivity index (χ0v) is 19.1. The summed E-state index contributed by atoms with van der Waals surface area (Å²) in [7, 11) is 1.77. The summed E-state index contributed by atoms with van der Waals surface area (Å²) in [5, 5.41) is 4.74. The first-order valence-corrected chi connectivity index (χ1v) is 11.4. The van der Waals surface area contributed by atoms with Gasteiger partial charge >= 0.3 is 6.03 Å². The zero-order chi connectivity index (χ0) is 22.7. The van der Waals surface area contributed by atoms with E-state index in [9.17, 15) is 9.59 Å². The monoisotopic (exact) mass is 453 g/mol.